The highest BCUT2D eigenvalue weighted by molar-refractivity contribution is 7.89. The lowest BCUT2D eigenvalue weighted by atomic mass is 10.2. The molecule has 0 bridgehead atoms. The highest BCUT2D eigenvalue weighted by atomic mass is 35.5. The molecule has 0 aromatic heterocycles. The Kier molecular flexibility index (Phi) is 6.34. The minimum absolute atomic E-state index is 0.0911. The summed E-state index contributed by atoms with van der Waals surface area (Å²) in [6.45, 7) is 7.60. The van der Waals surface area contributed by atoms with Crippen LogP contribution in [-0.4, -0.2) is 32.4 Å². The normalized spacial score (nSPS) is 12.1. The average molecular weight is 335 g/mol. The topological polar surface area (TPSA) is 49.4 Å². The van der Waals surface area contributed by atoms with Gasteiger partial charge in [0.1, 0.15) is 10.7 Å². The van der Waals surface area contributed by atoms with Gasteiger partial charge in [-0.25, -0.2) is 12.8 Å². The fourth-order valence-corrected chi connectivity index (χ4v) is 3.27. The Labute approximate surface area is 130 Å². The molecule has 0 saturated heterocycles. The maximum Gasteiger partial charge on any atom is 0.246 e. The number of nitrogens with one attached hydrogen (secondary N) is 1. The van der Waals surface area contributed by atoms with Crippen LogP contribution < -0.4 is 5.32 Å². The van der Waals surface area contributed by atoms with E-state index < -0.39 is 20.7 Å². The summed E-state index contributed by atoms with van der Waals surface area (Å²) in [7, 11) is -2.58. The fraction of sp³-hybridized carbons (Fsp3) is 0.429. The molecule has 0 spiro atoms. The number of hydrogen-bond donors (Lipinski definition) is 1. The average Bonchev–Trinajstić information content (AvgIpc) is 2.39. The van der Waals surface area contributed by atoms with E-state index >= 15 is 0 Å². The standard InChI is InChI=1S/C14H20ClFN2O2S/c1-5-6-18(4)21(19,20)13-8-12(15)7-11(14(13)16)9-17-10(2)3/h5,7-8,10,17H,1,6,9H2,2-4H3. The minimum Gasteiger partial charge on any atom is -0.310 e. The van der Waals surface area contributed by atoms with Crippen LogP contribution in [0.1, 0.15) is 19.4 Å². The molecule has 118 valence electrons. The Bertz CT molecular complexity index is 618. The molecule has 0 aliphatic carbocycles. The molecule has 0 amide bonds. The van der Waals surface area contributed by atoms with Gasteiger partial charge in [-0.15, -0.1) is 6.58 Å². The first-order valence-electron chi connectivity index (χ1n) is 6.48. The number of nitrogens with zero attached hydrogens (tertiary/aromatic N) is 1. The summed E-state index contributed by atoms with van der Waals surface area (Å²) >= 11 is 5.93. The molecular weight excluding hydrogens is 315 g/mol. The van der Waals surface area contributed by atoms with Crippen molar-refractivity contribution in [1.29, 1.82) is 0 Å². The third-order valence-electron chi connectivity index (χ3n) is 2.85. The Morgan fingerprint density at radius 1 is 1.48 bits per heavy atom. The summed E-state index contributed by atoms with van der Waals surface area (Å²) in [5, 5.41) is 3.22. The fourth-order valence-electron chi connectivity index (χ4n) is 1.70. The summed E-state index contributed by atoms with van der Waals surface area (Å²) in [6.07, 6.45) is 1.43. The number of hydrogen-bond acceptors (Lipinski definition) is 3. The molecule has 0 unspecified atom stereocenters. The highest BCUT2D eigenvalue weighted by Crippen LogP contribution is 2.26. The van der Waals surface area contributed by atoms with Gasteiger partial charge in [0, 0.05) is 36.8 Å². The van der Waals surface area contributed by atoms with Gasteiger partial charge < -0.3 is 5.32 Å². The van der Waals surface area contributed by atoms with E-state index in [0.717, 1.165) is 10.4 Å². The summed E-state index contributed by atoms with van der Waals surface area (Å²) in [5.41, 5.74) is 0.224. The van der Waals surface area contributed by atoms with E-state index in [-0.39, 0.29) is 29.7 Å². The molecule has 0 heterocycles. The van der Waals surface area contributed by atoms with Gasteiger partial charge in [-0.1, -0.05) is 31.5 Å². The number of likely N-dealkylation sites (N-methyl/N-ethyl adjacent to an activating group) is 1. The van der Waals surface area contributed by atoms with Crippen LogP contribution >= 0.6 is 11.6 Å². The quantitative estimate of drug-likeness (QED) is 0.780. The lowest BCUT2D eigenvalue weighted by Gasteiger charge is -2.18. The molecule has 7 heteroatoms. The van der Waals surface area contributed by atoms with Gasteiger partial charge in [0.2, 0.25) is 10.0 Å². The molecule has 0 aliphatic heterocycles. The molecule has 1 aromatic carbocycles. The summed E-state index contributed by atoms with van der Waals surface area (Å²) in [4.78, 5) is -0.417. The Balaban J connectivity index is 3.27. The number of halogens is 2. The first kappa shape index (κ1) is 18.1. The van der Waals surface area contributed by atoms with Crippen LogP contribution in [0.15, 0.2) is 29.7 Å². The van der Waals surface area contributed by atoms with Crippen molar-refractivity contribution < 1.29 is 12.8 Å². The van der Waals surface area contributed by atoms with Crippen molar-refractivity contribution in [2.75, 3.05) is 13.6 Å². The van der Waals surface area contributed by atoms with Gasteiger partial charge in [-0.3, -0.25) is 0 Å². The molecule has 21 heavy (non-hydrogen) atoms. The molecule has 0 atom stereocenters. The van der Waals surface area contributed by atoms with Crippen LogP contribution in [0.2, 0.25) is 5.02 Å². The van der Waals surface area contributed by atoms with Gasteiger partial charge in [-0.05, 0) is 12.1 Å². The van der Waals surface area contributed by atoms with E-state index in [1.807, 2.05) is 13.8 Å². The molecule has 1 N–H and O–H groups in total. The van der Waals surface area contributed by atoms with E-state index in [9.17, 15) is 12.8 Å². The number of sulfonamides is 1. The monoisotopic (exact) mass is 334 g/mol. The minimum atomic E-state index is -3.94. The van der Waals surface area contributed by atoms with Gasteiger partial charge in [-0.2, -0.15) is 4.31 Å². The van der Waals surface area contributed by atoms with Crippen molar-refractivity contribution >= 4 is 21.6 Å². The van der Waals surface area contributed by atoms with Gasteiger partial charge >= 0.3 is 0 Å². The maximum atomic E-state index is 14.5. The molecule has 0 aliphatic rings. The lowest BCUT2D eigenvalue weighted by molar-refractivity contribution is 0.485. The molecule has 1 rings (SSSR count). The third kappa shape index (κ3) is 4.51. The molecular formula is C14H20ClFN2O2S. The predicted octanol–water partition coefficient (Wildman–Crippen LogP) is 2.78. The molecule has 0 radical (unpaired) electrons. The lowest BCUT2D eigenvalue weighted by Crippen LogP contribution is -2.28. The maximum absolute atomic E-state index is 14.5. The van der Waals surface area contributed by atoms with E-state index in [4.69, 9.17) is 11.6 Å². The Morgan fingerprint density at radius 2 is 2.10 bits per heavy atom. The molecule has 4 nitrogen and oxygen atoms in total. The van der Waals surface area contributed by atoms with Crippen LogP contribution in [0.25, 0.3) is 0 Å². The molecule has 0 saturated carbocycles. The van der Waals surface area contributed by atoms with Gasteiger partial charge in [0.15, 0.2) is 0 Å². The Morgan fingerprint density at radius 3 is 2.62 bits per heavy atom. The summed E-state index contributed by atoms with van der Waals surface area (Å²) < 4.78 is 40.2. The second-order valence-electron chi connectivity index (χ2n) is 4.99. The van der Waals surface area contributed by atoms with Crippen molar-refractivity contribution in [1.82, 2.24) is 9.62 Å². The smallest absolute Gasteiger partial charge is 0.246 e. The van der Waals surface area contributed by atoms with Crippen molar-refractivity contribution in [3.05, 3.63) is 41.2 Å². The van der Waals surface area contributed by atoms with Crippen molar-refractivity contribution in [2.24, 2.45) is 0 Å². The third-order valence-corrected chi connectivity index (χ3v) is 4.90. The van der Waals surface area contributed by atoms with Crippen molar-refractivity contribution in [3.63, 3.8) is 0 Å². The second kappa shape index (κ2) is 7.35. The van der Waals surface area contributed by atoms with E-state index in [1.165, 1.54) is 19.2 Å². The van der Waals surface area contributed by atoms with E-state index in [0.29, 0.717) is 0 Å². The van der Waals surface area contributed by atoms with Crippen LogP contribution in [0, 0.1) is 5.82 Å². The second-order valence-corrected chi connectivity index (χ2v) is 7.44. The number of benzene rings is 1. The van der Waals surface area contributed by atoms with Crippen LogP contribution in [0.4, 0.5) is 4.39 Å². The van der Waals surface area contributed by atoms with E-state index in [2.05, 4.69) is 11.9 Å². The largest absolute Gasteiger partial charge is 0.310 e. The van der Waals surface area contributed by atoms with E-state index in [1.54, 1.807) is 0 Å². The van der Waals surface area contributed by atoms with Crippen LogP contribution in [0.3, 0.4) is 0 Å². The van der Waals surface area contributed by atoms with Gasteiger partial charge in [0.05, 0.1) is 0 Å². The van der Waals surface area contributed by atoms with Crippen molar-refractivity contribution in [2.45, 2.75) is 31.3 Å². The molecule has 1 aromatic rings. The van der Waals surface area contributed by atoms with Gasteiger partial charge in [0.25, 0.3) is 0 Å². The first-order chi connectivity index (χ1) is 9.70. The Hall–Kier alpha value is -0.950. The summed E-state index contributed by atoms with van der Waals surface area (Å²) in [5.74, 6) is -0.775. The number of rotatable bonds is 7. The van der Waals surface area contributed by atoms with Crippen molar-refractivity contribution in [3.8, 4) is 0 Å². The zero-order valence-corrected chi connectivity index (χ0v) is 13.9. The molecule has 0 fully saturated rings. The first-order valence-corrected chi connectivity index (χ1v) is 8.30. The summed E-state index contributed by atoms with van der Waals surface area (Å²) in [6, 6.07) is 2.70. The predicted molar refractivity (Wildman–Crippen MR) is 83.4 cm³/mol. The highest BCUT2D eigenvalue weighted by Gasteiger charge is 2.26. The zero-order chi connectivity index (χ0) is 16.2. The van der Waals surface area contributed by atoms with Crippen LogP contribution in [0.5, 0.6) is 0 Å². The SMILES string of the molecule is C=CCN(C)S(=O)(=O)c1cc(Cl)cc(CNC(C)C)c1F. The van der Waals surface area contributed by atoms with Crippen LogP contribution in [-0.2, 0) is 16.6 Å². The zero-order valence-electron chi connectivity index (χ0n) is 12.4.